The maximum absolute atomic E-state index is 12.3. The molecule has 1 N–H and O–H groups in total. The first-order chi connectivity index (χ1) is 8.80. The Labute approximate surface area is 112 Å². The lowest BCUT2D eigenvalue weighted by Gasteiger charge is -2.31. The minimum Gasteiger partial charge on any atom is -0.480 e. The standard InChI is InChI=1S/C14H19NO4/c1-14(2,13(17)18)15(3)12(16)11-7-5-6-10(8-11)9-19-4/h5-8H,9H2,1-4H3,(H,17,18). The largest absolute Gasteiger partial charge is 0.480 e. The molecule has 0 aromatic heterocycles. The number of carbonyl (C=O) groups is 2. The molecule has 5 heteroatoms. The number of aliphatic carboxylic acids is 1. The second-order valence-electron chi connectivity index (χ2n) is 4.86. The Morgan fingerprint density at radius 3 is 2.53 bits per heavy atom. The van der Waals surface area contributed by atoms with Gasteiger partial charge in [0.05, 0.1) is 6.61 Å². The van der Waals surface area contributed by atoms with Gasteiger partial charge in [0.2, 0.25) is 0 Å². The average Bonchev–Trinajstić information content (AvgIpc) is 2.37. The van der Waals surface area contributed by atoms with E-state index >= 15 is 0 Å². The van der Waals surface area contributed by atoms with Gasteiger partial charge in [0, 0.05) is 19.7 Å². The van der Waals surface area contributed by atoms with Gasteiger partial charge >= 0.3 is 5.97 Å². The number of ether oxygens (including phenoxy) is 1. The van der Waals surface area contributed by atoms with Gasteiger partial charge in [0.25, 0.3) is 5.91 Å². The van der Waals surface area contributed by atoms with Gasteiger partial charge in [-0.2, -0.15) is 0 Å². The van der Waals surface area contributed by atoms with Gasteiger partial charge in [-0.15, -0.1) is 0 Å². The van der Waals surface area contributed by atoms with E-state index in [1.54, 1.807) is 25.3 Å². The molecule has 0 saturated carbocycles. The van der Waals surface area contributed by atoms with Gasteiger partial charge in [-0.3, -0.25) is 4.79 Å². The fraction of sp³-hybridized carbons (Fsp3) is 0.429. The number of benzene rings is 1. The van der Waals surface area contributed by atoms with Crippen LogP contribution < -0.4 is 0 Å². The van der Waals surface area contributed by atoms with Crippen molar-refractivity contribution in [3.05, 3.63) is 35.4 Å². The van der Waals surface area contributed by atoms with Crippen molar-refractivity contribution < 1.29 is 19.4 Å². The van der Waals surface area contributed by atoms with Crippen molar-refractivity contribution in [2.75, 3.05) is 14.2 Å². The van der Waals surface area contributed by atoms with E-state index in [2.05, 4.69) is 0 Å². The van der Waals surface area contributed by atoms with E-state index in [0.29, 0.717) is 12.2 Å². The van der Waals surface area contributed by atoms with Crippen molar-refractivity contribution in [2.45, 2.75) is 26.0 Å². The molecule has 0 aliphatic heterocycles. The monoisotopic (exact) mass is 265 g/mol. The molecule has 0 unspecified atom stereocenters. The molecule has 0 spiro atoms. The van der Waals surface area contributed by atoms with Crippen LogP contribution >= 0.6 is 0 Å². The van der Waals surface area contributed by atoms with Gasteiger partial charge in [-0.25, -0.2) is 4.79 Å². The summed E-state index contributed by atoms with van der Waals surface area (Å²) in [5.41, 5.74) is 0.0650. The molecular formula is C14H19NO4. The molecule has 104 valence electrons. The van der Waals surface area contributed by atoms with E-state index in [-0.39, 0.29) is 5.91 Å². The van der Waals surface area contributed by atoms with E-state index in [4.69, 9.17) is 9.84 Å². The average molecular weight is 265 g/mol. The van der Waals surface area contributed by atoms with Crippen LogP contribution in [0.1, 0.15) is 29.8 Å². The molecule has 1 aromatic carbocycles. The van der Waals surface area contributed by atoms with Crippen molar-refractivity contribution in [3.8, 4) is 0 Å². The highest BCUT2D eigenvalue weighted by molar-refractivity contribution is 5.97. The van der Waals surface area contributed by atoms with Crippen LogP contribution in [0.5, 0.6) is 0 Å². The van der Waals surface area contributed by atoms with Gasteiger partial charge in [0.1, 0.15) is 5.54 Å². The van der Waals surface area contributed by atoms with Crippen molar-refractivity contribution in [1.29, 1.82) is 0 Å². The predicted octanol–water partition coefficient (Wildman–Crippen LogP) is 1.77. The van der Waals surface area contributed by atoms with Crippen LogP contribution in [0.15, 0.2) is 24.3 Å². The first kappa shape index (κ1) is 15.2. The van der Waals surface area contributed by atoms with Crippen molar-refractivity contribution in [2.24, 2.45) is 0 Å². The van der Waals surface area contributed by atoms with E-state index in [0.717, 1.165) is 5.56 Å². The molecule has 0 aliphatic carbocycles. The summed E-state index contributed by atoms with van der Waals surface area (Å²) in [5, 5.41) is 9.13. The Balaban J connectivity index is 3.00. The Kier molecular flexibility index (Phi) is 4.67. The fourth-order valence-electron chi connectivity index (χ4n) is 1.55. The molecule has 0 bridgehead atoms. The number of carboxylic acids is 1. The molecule has 1 amide bonds. The quantitative estimate of drug-likeness (QED) is 0.881. The molecule has 0 fully saturated rings. The molecule has 0 atom stereocenters. The van der Waals surface area contributed by atoms with E-state index in [1.807, 2.05) is 6.07 Å². The van der Waals surface area contributed by atoms with Crippen LogP contribution in [-0.2, 0) is 16.1 Å². The zero-order valence-electron chi connectivity index (χ0n) is 11.6. The van der Waals surface area contributed by atoms with E-state index in [1.165, 1.54) is 25.8 Å². The van der Waals surface area contributed by atoms with Gasteiger partial charge < -0.3 is 14.7 Å². The molecule has 19 heavy (non-hydrogen) atoms. The summed E-state index contributed by atoms with van der Waals surface area (Å²) in [7, 11) is 3.06. The van der Waals surface area contributed by atoms with Crippen molar-refractivity contribution in [1.82, 2.24) is 4.90 Å². The smallest absolute Gasteiger partial charge is 0.329 e. The third kappa shape index (κ3) is 3.32. The topological polar surface area (TPSA) is 66.8 Å². The molecular weight excluding hydrogens is 246 g/mol. The first-order valence-corrected chi connectivity index (χ1v) is 5.90. The Morgan fingerprint density at radius 1 is 1.37 bits per heavy atom. The van der Waals surface area contributed by atoms with Crippen LogP contribution in [0.2, 0.25) is 0 Å². The number of amides is 1. The number of rotatable bonds is 5. The summed E-state index contributed by atoms with van der Waals surface area (Å²) in [6.07, 6.45) is 0. The summed E-state index contributed by atoms with van der Waals surface area (Å²) in [5.74, 6) is -1.37. The highest BCUT2D eigenvalue weighted by Crippen LogP contribution is 2.17. The molecule has 0 radical (unpaired) electrons. The lowest BCUT2D eigenvalue weighted by molar-refractivity contribution is -0.147. The number of hydrogen-bond acceptors (Lipinski definition) is 3. The minimum absolute atomic E-state index is 0.328. The Hall–Kier alpha value is -1.88. The van der Waals surface area contributed by atoms with Crippen molar-refractivity contribution >= 4 is 11.9 Å². The Bertz CT molecular complexity index is 482. The van der Waals surface area contributed by atoms with Gasteiger partial charge in [-0.05, 0) is 31.5 Å². The SMILES string of the molecule is COCc1cccc(C(=O)N(C)C(C)(C)C(=O)O)c1. The van der Waals surface area contributed by atoms with Gasteiger partial charge in [-0.1, -0.05) is 12.1 Å². The lowest BCUT2D eigenvalue weighted by atomic mass is 10.0. The zero-order chi connectivity index (χ0) is 14.6. The summed E-state index contributed by atoms with van der Waals surface area (Å²) in [6, 6.07) is 6.97. The van der Waals surface area contributed by atoms with Crippen LogP contribution in [0.4, 0.5) is 0 Å². The zero-order valence-corrected chi connectivity index (χ0v) is 11.6. The molecule has 0 saturated heterocycles. The van der Waals surface area contributed by atoms with Crippen LogP contribution in [0, 0.1) is 0 Å². The second-order valence-corrected chi connectivity index (χ2v) is 4.86. The van der Waals surface area contributed by atoms with E-state index in [9.17, 15) is 9.59 Å². The number of likely N-dealkylation sites (N-methyl/N-ethyl adjacent to an activating group) is 1. The third-order valence-corrected chi connectivity index (χ3v) is 3.15. The second kappa shape index (κ2) is 5.84. The minimum atomic E-state index is -1.26. The molecule has 1 rings (SSSR count). The summed E-state index contributed by atoms with van der Waals surface area (Å²) >= 11 is 0. The highest BCUT2D eigenvalue weighted by Gasteiger charge is 2.35. The lowest BCUT2D eigenvalue weighted by Crippen LogP contribution is -2.50. The number of carboxylic acid groups (broad SMARTS) is 1. The summed E-state index contributed by atoms with van der Waals surface area (Å²) in [6.45, 7) is 3.39. The maximum atomic E-state index is 12.3. The number of hydrogen-bond donors (Lipinski definition) is 1. The van der Waals surface area contributed by atoms with Crippen LogP contribution in [0.3, 0.4) is 0 Å². The molecule has 1 aromatic rings. The molecule has 5 nitrogen and oxygen atoms in total. The fourth-order valence-corrected chi connectivity index (χ4v) is 1.55. The number of nitrogens with zero attached hydrogens (tertiary/aromatic N) is 1. The third-order valence-electron chi connectivity index (χ3n) is 3.15. The number of methoxy groups -OCH3 is 1. The Morgan fingerprint density at radius 2 is 2.00 bits per heavy atom. The van der Waals surface area contributed by atoms with Gasteiger partial charge in [0.15, 0.2) is 0 Å². The number of carbonyl (C=O) groups excluding carboxylic acids is 1. The first-order valence-electron chi connectivity index (χ1n) is 5.90. The van der Waals surface area contributed by atoms with E-state index < -0.39 is 11.5 Å². The summed E-state index contributed by atoms with van der Waals surface area (Å²) < 4.78 is 5.01. The van der Waals surface area contributed by atoms with Crippen LogP contribution in [-0.4, -0.2) is 41.6 Å². The predicted molar refractivity (Wildman–Crippen MR) is 71.0 cm³/mol. The summed E-state index contributed by atoms with van der Waals surface area (Å²) in [4.78, 5) is 24.7. The maximum Gasteiger partial charge on any atom is 0.329 e. The van der Waals surface area contributed by atoms with Crippen molar-refractivity contribution in [3.63, 3.8) is 0 Å². The molecule has 0 aliphatic rings. The molecule has 0 heterocycles. The highest BCUT2D eigenvalue weighted by atomic mass is 16.5. The van der Waals surface area contributed by atoms with Crippen LogP contribution in [0.25, 0.3) is 0 Å². The normalized spacial score (nSPS) is 11.2.